The van der Waals surface area contributed by atoms with E-state index in [0.29, 0.717) is 55.3 Å². The third-order valence-electron chi connectivity index (χ3n) is 5.26. The molecule has 0 bridgehead atoms. The van der Waals surface area contributed by atoms with Gasteiger partial charge in [-0.2, -0.15) is 0 Å². The molecule has 0 aromatic heterocycles. The molecule has 160 valence electrons. The van der Waals surface area contributed by atoms with Gasteiger partial charge in [-0.15, -0.1) is 0 Å². The molecule has 0 atom stereocenters. The van der Waals surface area contributed by atoms with Crippen LogP contribution in [0.4, 0.5) is 0 Å². The van der Waals surface area contributed by atoms with E-state index in [2.05, 4.69) is 0 Å². The van der Waals surface area contributed by atoms with Crippen LogP contribution in [0, 0.1) is 0 Å². The number of hydrogen-bond acceptors (Lipinski definition) is 5. The Morgan fingerprint density at radius 1 is 0.806 bits per heavy atom. The van der Waals surface area contributed by atoms with Crippen LogP contribution in [-0.4, -0.2) is 20.2 Å². The first-order chi connectivity index (χ1) is 15.0. The monoisotopic (exact) mass is 458 g/mol. The molecular formula is C24H20Cl2O5. The Hall–Kier alpha value is -2.89. The number of hydrogen-bond donors (Lipinski definition) is 0. The second-order valence-corrected chi connectivity index (χ2v) is 7.50. The Morgan fingerprint density at radius 3 is 1.84 bits per heavy atom. The van der Waals surface area contributed by atoms with Gasteiger partial charge in [-0.1, -0.05) is 55.2 Å². The molecule has 2 aliphatic rings. The average Bonchev–Trinajstić information content (AvgIpc) is 3.09. The molecule has 2 aliphatic heterocycles. The predicted molar refractivity (Wildman–Crippen MR) is 119 cm³/mol. The van der Waals surface area contributed by atoms with E-state index in [0.717, 1.165) is 0 Å². The summed E-state index contributed by atoms with van der Waals surface area (Å²) >= 11 is 12.9. The standard InChI is InChI=1S/C22H14Cl2O5.C2H6/c1-26-19-9-17-13(7-15(19)23)22(12-6-4-3-5-11(12)21(25)29-22)14-8-16(24)20(27-2)10-18(14)28-17;1-2/h3-10H,1-2H3;1-2H3. The van der Waals surface area contributed by atoms with E-state index in [1.165, 1.54) is 14.2 Å². The Morgan fingerprint density at radius 2 is 1.32 bits per heavy atom. The first kappa shape index (κ1) is 21.3. The van der Waals surface area contributed by atoms with Crippen molar-refractivity contribution in [2.75, 3.05) is 14.2 Å². The average molecular weight is 459 g/mol. The zero-order valence-corrected chi connectivity index (χ0v) is 18.9. The molecule has 3 aromatic rings. The maximum atomic E-state index is 12.8. The van der Waals surface area contributed by atoms with Gasteiger partial charge in [-0.05, 0) is 18.2 Å². The van der Waals surface area contributed by atoms with Gasteiger partial charge in [0.2, 0.25) is 0 Å². The fourth-order valence-electron chi connectivity index (χ4n) is 3.98. The van der Waals surface area contributed by atoms with Crippen molar-refractivity contribution in [3.8, 4) is 23.0 Å². The maximum absolute atomic E-state index is 12.8. The summed E-state index contributed by atoms with van der Waals surface area (Å²) in [4.78, 5) is 12.8. The number of esters is 1. The SMILES string of the molecule is CC.COc1cc2c(cc1Cl)C1(OC(=O)c3ccccc31)c1cc(Cl)c(OC)cc1O2. The number of carbonyl (C=O) groups is 1. The van der Waals surface area contributed by atoms with Crippen molar-refractivity contribution in [1.29, 1.82) is 0 Å². The molecule has 0 saturated carbocycles. The highest BCUT2D eigenvalue weighted by atomic mass is 35.5. The number of benzene rings is 3. The Balaban J connectivity index is 0.00000112. The minimum atomic E-state index is -1.25. The van der Waals surface area contributed by atoms with Crippen LogP contribution in [0.3, 0.4) is 0 Å². The minimum Gasteiger partial charge on any atom is -0.495 e. The third kappa shape index (κ3) is 3.03. The highest BCUT2D eigenvalue weighted by Crippen LogP contribution is 2.58. The van der Waals surface area contributed by atoms with E-state index in [4.69, 9.17) is 42.1 Å². The number of rotatable bonds is 2. The Kier molecular flexibility index (Phi) is 5.50. The lowest BCUT2D eigenvalue weighted by Crippen LogP contribution is -2.33. The number of carbonyl (C=O) groups excluding carboxylic acids is 1. The lowest BCUT2D eigenvalue weighted by molar-refractivity contribution is 0.0224. The van der Waals surface area contributed by atoms with Gasteiger partial charge in [0.25, 0.3) is 0 Å². The van der Waals surface area contributed by atoms with E-state index >= 15 is 0 Å². The van der Waals surface area contributed by atoms with Gasteiger partial charge < -0.3 is 18.9 Å². The van der Waals surface area contributed by atoms with E-state index in [9.17, 15) is 4.79 Å². The van der Waals surface area contributed by atoms with Crippen molar-refractivity contribution in [3.63, 3.8) is 0 Å². The van der Waals surface area contributed by atoms with Crippen LogP contribution in [0.5, 0.6) is 23.0 Å². The zero-order chi connectivity index (χ0) is 22.3. The number of fused-ring (bicyclic) bond motifs is 6. The summed E-state index contributed by atoms with van der Waals surface area (Å²) in [5, 5.41) is 0.746. The summed E-state index contributed by atoms with van der Waals surface area (Å²) in [5.74, 6) is 1.39. The second-order valence-electron chi connectivity index (χ2n) is 6.68. The molecule has 0 N–H and O–H groups in total. The lowest BCUT2D eigenvalue weighted by Gasteiger charge is -2.37. The predicted octanol–water partition coefficient (Wildman–Crippen LogP) is 6.60. The zero-order valence-electron chi connectivity index (χ0n) is 17.4. The molecule has 0 fully saturated rings. The van der Waals surface area contributed by atoms with Gasteiger partial charge in [0.05, 0.1) is 29.8 Å². The Labute approximate surface area is 190 Å². The highest BCUT2D eigenvalue weighted by Gasteiger charge is 2.54. The van der Waals surface area contributed by atoms with E-state index in [1.807, 2.05) is 26.0 Å². The largest absolute Gasteiger partial charge is 0.495 e. The molecule has 0 unspecified atom stereocenters. The van der Waals surface area contributed by atoms with E-state index in [-0.39, 0.29) is 0 Å². The van der Waals surface area contributed by atoms with E-state index in [1.54, 1.807) is 36.4 Å². The lowest BCUT2D eigenvalue weighted by atomic mass is 9.77. The summed E-state index contributed by atoms with van der Waals surface area (Å²) < 4.78 is 22.9. The normalized spacial score (nSPS) is 14.3. The van der Waals surface area contributed by atoms with Crippen LogP contribution in [0.25, 0.3) is 0 Å². The highest BCUT2D eigenvalue weighted by molar-refractivity contribution is 6.32. The summed E-state index contributed by atoms with van der Waals surface area (Å²) in [6.45, 7) is 4.00. The third-order valence-corrected chi connectivity index (χ3v) is 5.85. The fourth-order valence-corrected chi connectivity index (χ4v) is 4.46. The van der Waals surface area contributed by atoms with Gasteiger partial charge in [-0.3, -0.25) is 0 Å². The second kappa shape index (κ2) is 7.98. The van der Waals surface area contributed by atoms with Gasteiger partial charge in [0, 0.05) is 28.8 Å². The first-order valence-electron chi connectivity index (χ1n) is 9.76. The van der Waals surface area contributed by atoms with Crippen LogP contribution in [0.15, 0.2) is 48.5 Å². The van der Waals surface area contributed by atoms with Crippen LogP contribution in [0.2, 0.25) is 10.0 Å². The number of halogens is 2. The molecule has 5 nitrogen and oxygen atoms in total. The van der Waals surface area contributed by atoms with Crippen LogP contribution in [-0.2, 0) is 10.3 Å². The molecule has 2 heterocycles. The van der Waals surface area contributed by atoms with Crippen molar-refractivity contribution in [3.05, 3.63) is 80.8 Å². The van der Waals surface area contributed by atoms with Gasteiger partial charge >= 0.3 is 5.97 Å². The van der Waals surface area contributed by atoms with E-state index < -0.39 is 11.6 Å². The van der Waals surface area contributed by atoms with Crippen molar-refractivity contribution in [1.82, 2.24) is 0 Å². The maximum Gasteiger partial charge on any atom is 0.340 e. The van der Waals surface area contributed by atoms with Crippen LogP contribution < -0.4 is 14.2 Å². The molecule has 5 rings (SSSR count). The molecule has 0 amide bonds. The van der Waals surface area contributed by atoms with Gasteiger partial charge in [-0.25, -0.2) is 4.79 Å². The van der Waals surface area contributed by atoms with Crippen LogP contribution >= 0.6 is 23.2 Å². The summed E-state index contributed by atoms with van der Waals surface area (Å²) in [6, 6.07) is 14.0. The Bertz CT molecular complexity index is 1130. The molecule has 0 radical (unpaired) electrons. The molecule has 7 heteroatoms. The van der Waals surface area contributed by atoms with Gasteiger partial charge in [0.15, 0.2) is 5.60 Å². The molecule has 0 aliphatic carbocycles. The molecule has 0 saturated heterocycles. The molecule has 31 heavy (non-hydrogen) atoms. The smallest absolute Gasteiger partial charge is 0.340 e. The summed E-state index contributed by atoms with van der Waals surface area (Å²) in [7, 11) is 3.04. The number of methoxy groups -OCH3 is 2. The fraction of sp³-hybridized carbons (Fsp3) is 0.208. The van der Waals surface area contributed by atoms with Crippen molar-refractivity contribution in [2.24, 2.45) is 0 Å². The molecular weight excluding hydrogens is 439 g/mol. The van der Waals surface area contributed by atoms with Gasteiger partial charge in [0.1, 0.15) is 23.0 Å². The molecule has 3 aromatic carbocycles. The topological polar surface area (TPSA) is 54.0 Å². The van der Waals surface area contributed by atoms with Crippen molar-refractivity contribution < 1.29 is 23.7 Å². The van der Waals surface area contributed by atoms with Crippen molar-refractivity contribution >= 4 is 29.2 Å². The number of ether oxygens (including phenoxy) is 4. The first-order valence-corrected chi connectivity index (χ1v) is 10.5. The van der Waals surface area contributed by atoms with Crippen molar-refractivity contribution in [2.45, 2.75) is 19.4 Å². The molecule has 1 spiro atoms. The minimum absolute atomic E-state index is 0.373. The summed E-state index contributed by atoms with van der Waals surface area (Å²) in [5.41, 5.74) is 1.11. The summed E-state index contributed by atoms with van der Waals surface area (Å²) in [6.07, 6.45) is 0. The van der Waals surface area contributed by atoms with Crippen LogP contribution in [0.1, 0.15) is 40.9 Å². The quantitative estimate of drug-likeness (QED) is 0.404.